The van der Waals surface area contributed by atoms with Gasteiger partial charge in [0.05, 0.1) is 11.0 Å². The van der Waals surface area contributed by atoms with Gasteiger partial charge in [-0.15, -0.1) is 0 Å². The van der Waals surface area contributed by atoms with Crippen molar-refractivity contribution in [2.75, 3.05) is 0 Å². The van der Waals surface area contributed by atoms with Gasteiger partial charge in [0.2, 0.25) is 0 Å². The van der Waals surface area contributed by atoms with Crippen molar-refractivity contribution in [3.05, 3.63) is 54.1 Å². The molecule has 0 fully saturated rings. The van der Waals surface area contributed by atoms with Crippen LogP contribution in [0.15, 0.2) is 58.6 Å². The maximum Gasteiger partial charge on any atom is 0.171 e. The molecule has 0 saturated carbocycles. The minimum atomic E-state index is 0.0836. The van der Waals surface area contributed by atoms with E-state index in [1.165, 1.54) is 0 Å². The molecule has 0 aliphatic carbocycles. The Kier molecular flexibility index (Phi) is 3.09. The highest BCUT2D eigenvalue weighted by molar-refractivity contribution is 7.99. The average molecular weight is 268 g/mol. The first-order chi connectivity index (χ1) is 9.22. The van der Waals surface area contributed by atoms with E-state index in [0.29, 0.717) is 0 Å². The van der Waals surface area contributed by atoms with Gasteiger partial charge in [-0.05, 0) is 31.2 Å². The van der Waals surface area contributed by atoms with Crippen molar-refractivity contribution in [3.8, 4) is 0 Å². The third-order valence-electron chi connectivity index (χ3n) is 2.84. The molecule has 0 radical (unpaired) electrons. The Hall–Kier alpha value is -2.07. The molecule has 19 heavy (non-hydrogen) atoms. The standard InChI is InChI=1S/C15H12N2OS/c1-10(18)11-6-8-12(9-7-11)19-15-16-13-4-2-3-5-14(13)17-15/h2-9H,1H3,(H,16,17). The second-order valence-electron chi connectivity index (χ2n) is 4.24. The number of hydrogen-bond acceptors (Lipinski definition) is 3. The van der Waals surface area contributed by atoms with Crippen LogP contribution in [0.5, 0.6) is 0 Å². The maximum absolute atomic E-state index is 11.2. The van der Waals surface area contributed by atoms with E-state index in [1.807, 2.05) is 48.5 Å². The molecule has 0 atom stereocenters. The molecule has 0 aliphatic rings. The highest BCUT2D eigenvalue weighted by Gasteiger charge is 2.05. The van der Waals surface area contributed by atoms with Gasteiger partial charge in [0.25, 0.3) is 0 Å². The van der Waals surface area contributed by atoms with Gasteiger partial charge in [-0.1, -0.05) is 36.0 Å². The number of aromatic nitrogens is 2. The van der Waals surface area contributed by atoms with Crippen molar-refractivity contribution >= 4 is 28.6 Å². The summed E-state index contributed by atoms with van der Waals surface area (Å²) in [5, 5.41) is 0.858. The van der Waals surface area contributed by atoms with Crippen molar-refractivity contribution in [1.82, 2.24) is 9.97 Å². The fourth-order valence-corrected chi connectivity index (χ4v) is 2.65. The second-order valence-corrected chi connectivity index (χ2v) is 5.30. The van der Waals surface area contributed by atoms with Crippen LogP contribution in [-0.4, -0.2) is 15.8 Å². The lowest BCUT2D eigenvalue weighted by atomic mass is 10.2. The number of rotatable bonds is 3. The molecule has 1 aromatic heterocycles. The second kappa shape index (κ2) is 4.90. The number of H-pyrrole nitrogens is 1. The van der Waals surface area contributed by atoms with E-state index in [9.17, 15) is 4.79 Å². The van der Waals surface area contributed by atoms with Gasteiger partial charge in [-0.25, -0.2) is 4.98 Å². The van der Waals surface area contributed by atoms with Gasteiger partial charge in [0.15, 0.2) is 10.9 Å². The first-order valence-electron chi connectivity index (χ1n) is 5.96. The largest absolute Gasteiger partial charge is 0.333 e. The molecule has 1 heterocycles. The summed E-state index contributed by atoms with van der Waals surface area (Å²) in [6, 6.07) is 15.5. The number of benzene rings is 2. The van der Waals surface area contributed by atoms with E-state index in [2.05, 4.69) is 9.97 Å². The Morgan fingerprint density at radius 2 is 1.84 bits per heavy atom. The van der Waals surface area contributed by atoms with Crippen molar-refractivity contribution in [2.45, 2.75) is 17.0 Å². The summed E-state index contributed by atoms with van der Waals surface area (Å²) in [6.45, 7) is 1.57. The van der Waals surface area contributed by atoms with Crippen LogP contribution < -0.4 is 0 Å². The molecular formula is C15H12N2OS. The number of nitrogens with zero attached hydrogens (tertiary/aromatic N) is 1. The van der Waals surface area contributed by atoms with Gasteiger partial charge in [-0.3, -0.25) is 4.79 Å². The molecule has 4 heteroatoms. The van der Waals surface area contributed by atoms with E-state index < -0.39 is 0 Å². The number of fused-ring (bicyclic) bond motifs is 1. The quantitative estimate of drug-likeness (QED) is 0.732. The number of para-hydroxylation sites is 2. The number of imidazole rings is 1. The lowest BCUT2D eigenvalue weighted by Gasteiger charge is -1.99. The highest BCUT2D eigenvalue weighted by atomic mass is 32.2. The Morgan fingerprint density at radius 1 is 1.11 bits per heavy atom. The molecule has 0 unspecified atom stereocenters. The van der Waals surface area contributed by atoms with Gasteiger partial charge in [0, 0.05) is 10.5 Å². The van der Waals surface area contributed by atoms with Crippen LogP contribution in [0.2, 0.25) is 0 Å². The minimum absolute atomic E-state index is 0.0836. The van der Waals surface area contributed by atoms with Gasteiger partial charge in [-0.2, -0.15) is 0 Å². The van der Waals surface area contributed by atoms with Crippen LogP contribution in [0.1, 0.15) is 17.3 Å². The highest BCUT2D eigenvalue weighted by Crippen LogP contribution is 2.27. The molecule has 0 amide bonds. The number of Topliss-reactive ketones (excluding diaryl/α,β-unsaturated/α-hetero) is 1. The Labute approximate surface area is 115 Å². The average Bonchev–Trinajstić information content (AvgIpc) is 2.81. The minimum Gasteiger partial charge on any atom is -0.333 e. The molecule has 3 aromatic rings. The smallest absolute Gasteiger partial charge is 0.171 e. The van der Waals surface area contributed by atoms with E-state index >= 15 is 0 Å². The molecule has 0 bridgehead atoms. The monoisotopic (exact) mass is 268 g/mol. The Bertz CT molecular complexity index is 698. The molecule has 94 valence electrons. The Morgan fingerprint density at radius 3 is 2.53 bits per heavy atom. The first kappa shape index (κ1) is 12.0. The number of carbonyl (C=O) groups is 1. The van der Waals surface area contributed by atoms with Crippen LogP contribution in [0, 0.1) is 0 Å². The van der Waals surface area contributed by atoms with Crippen LogP contribution in [-0.2, 0) is 0 Å². The zero-order valence-electron chi connectivity index (χ0n) is 10.4. The zero-order valence-corrected chi connectivity index (χ0v) is 11.2. The van der Waals surface area contributed by atoms with Crippen molar-refractivity contribution in [2.24, 2.45) is 0 Å². The van der Waals surface area contributed by atoms with Crippen molar-refractivity contribution in [1.29, 1.82) is 0 Å². The number of nitrogens with one attached hydrogen (secondary N) is 1. The Balaban J connectivity index is 1.86. The lowest BCUT2D eigenvalue weighted by molar-refractivity contribution is 0.101. The predicted octanol–water partition coefficient (Wildman–Crippen LogP) is 3.92. The zero-order chi connectivity index (χ0) is 13.2. The fraction of sp³-hybridized carbons (Fsp3) is 0.0667. The van der Waals surface area contributed by atoms with Crippen LogP contribution in [0.4, 0.5) is 0 Å². The summed E-state index contributed by atoms with van der Waals surface area (Å²) in [5.41, 5.74) is 2.73. The predicted molar refractivity (Wildman–Crippen MR) is 76.7 cm³/mol. The van der Waals surface area contributed by atoms with Gasteiger partial charge >= 0.3 is 0 Å². The summed E-state index contributed by atoms with van der Waals surface area (Å²) < 4.78 is 0. The van der Waals surface area contributed by atoms with Gasteiger partial charge in [0.1, 0.15) is 0 Å². The molecule has 1 N–H and O–H groups in total. The fourth-order valence-electron chi connectivity index (χ4n) is 1.85. The topological polar surface area (TPSA) is 45.8 Å². The van der Waals surface area contributed by atoms with E-state index in [1.54, 1.807) is 18.7 Å². The van der Waals surface area contributed by atoms with Crippen LogP contribution in [0.3, 0.4) is 0 Å². The van der Waals surface area contributed by atoms with Crippen LogP contribution in [0.25, 0.3) is 11.0 Å². The summed E-state index contributed by atoms with van der Waals surface area (Å²) in [6.07, 6.45) is 0. The van der Waals surface area contributed by atoms with Crippen molar-refractivity contribution < 1.29 is 4.79 Å². The molecule has 2 aromatic carbocycles. The van der Waals surface area contributed by atoms with Crippen molar-refractivity contribution in [3.63, 3.8) is 0 Å². The summed E-state index contributed by atoms with van der Waals surface area (Å²) in [7, 11) is 0. The first-order valence-corrected chi connectivity index (χ1v) is 6.77. The number of carbonyl (C=O) groups excluding carboxylic acids is 1. The van der Waals surface area contributed by atoms with E-state index in [4.69, 9.17) is 0 Å². The van der Waals surface area contributed by atoms with E-state index in [0.717, 1.165) is 26.6 Å². The van der Waals surface area contributed by atoms with Crippen LogP contribution >= 0.6 is 11.8 Å². The summed E-state index contributed by atoms with van der Waals surface area (Å²) >= 11 is 1.56. The normalized spacial score (nSPS) is 10.8. The van der Waals surface area contributed by atoms with Gasteiger partial charge < -0.3 is 4.98 Å². The summed E-state index contributed by atoms with van der Waals surface area (Å²) in [4.78, 5) is 20.0. The maximum atomic E-state index is 11.2. The number of ketones is 1. The molecular weight excluding hydrogens is 256 g/mol. The number of hydrogen-bond donors (Lipinski definition) is 1. The summed E-state index contributed by atoms with van der Waals surface area (Å²) in [5.74, 6) is 0.0836. The molecule has 0 saturated heterocycles. The third-order valence-corrected chi connectivity index (χ3v) is 3.74. The molecule has 0 aliphatic heterocycles. The molecule has 0 spiro atoms. The molecule has 3 nitrogen and oxygen atoms in total. The lowest BCUT2D eigenvalue weighted by Crippen LogP contribution is -1.90. The SMILES string of the molecule is CC(=O)c1ccc(Sc2nc3ccccc3[nH]2)cc1. The molecule has 3 rings (SSSR count). The third kappa shape index (κ3) is 2.53. The van der Waals surface area contributed by atoms with E-state index in [-0.39, 0.29) is 5.78 Å². The number of aromatic amines is 1.